The number of benzene rings is 3. The molecule has 0 radical (unpaired) electrons. The summed E-state index contributed by atoms with van der Waals surface area (Å²) in [5, 5.41) is 6.15. The zero-order valence-electron chi connectivity index (χ0n) is 28.3. The second-order valence-electron chi connectivity index (χ2n) is 12.6. The molecule has 0 aliphatic carbocycles. The molecule has 0 aliphatic heterocycles. The van der Waals surface area contributed by atoms with Crippen LogP contribution in [0.15, 0.2) is 72.8 Å². The summed E-state index contributed by atoms with van der Waals surface area (Å²) in [6, 6.07) is 30.2. The topological polar surface area (TPSA) is 0 Å². The van der Waals surface area contributed by atoms with E-state index in [9.17, 15) is 0 Å². The van der Waals surface area contributed by atoms with Crippen molar-refractivity contribution in [3.05, 3.63) is 112 Å². The fourth-order valence-electron chi connectivity index (χ4n) is 6.31. The van der Waals surface area contributed by atoms with Gasteiger partial charge in [-0.05, 0) is 71.9 Å². The molecule has 0 heterocycles. The van der Waals surface area contributed by atoms with Crippen LogP contribution in [0.5, 0.6) is 0 Å². The van der Waals surface area contributed by atoms with Crippen molar-refractivity contribution in [2.75, 3.05) is 0 Å². The molecule has 4 rings (SSSR count). The summed E-state index contributed by atoms with van der Waals surface area (Å²) in [6.45, 7) is 20.9. The Morgan fingerprint density at radius 1 is 0.500 bits per heavy atom. The number of hydrogen-bond acceptors (Lipinski definition) is 0. The molecular weight excluding hydrogens is 651 g/mol. The van der Waals surface area contributed by atoms with Gasteiger partial charge in [0.05, 0.1) is 0 Å². The minimum atomic E-state index is -2.64. The summed E-state index contributed by atoms with van der Waals surface area (Å²) in [4.78, 5) is 0. The first-order valence-electron chi connectivity index (χ1n) is 15.8. The average molecular weight is 702 g/mol. The van der Waals surface area contributed by atoms with Crippen LogP contribution in [0.2, 0.25) is 0 Å². The molecule has 4 aromatic carbocycles. The van der Waals surface area contributed by atoms with Crippen molar-refractivity contribution in [3.8, 4) is 0 Å². The predicted octanol–water partition coefficient (Wildman–Crippen LogP) is -1.54. The molecule has 0 saturated carbocycles. The molecule has 0 nitrogen and oxygen atoms in total. The fourth-order valence-corrected chi connectivity index (χ4v) is 11.4. The van der Waals surface area contributed by atoms with Crippen molar-refractivity contribution in [1.29, 1.82) is 0 Å². The Bertz CT molecular complexity index is 1260. The van der Waals surface area contributed by atoms with Crippen molar-refractivity contribution >= 4 is 28.8 Å². The van der Waals surface area contributed by atoms with Crippen LogP contribution in [0.4, 0.5) is 0 Å². The second-order valence-corrected chi connectivity index (χ2v) is 16.4. The van der Waals surface area contributed by atoms with Crippen LogP contribution >= 0.6 is 0 Å². The summed E-state index contributed by atoms with van der Waals surface area (Å²) in [7, 11) is -2.64. The first-order valence-corrected chi connectivity index (χ1v) is 17.8. The smallest absolute Gasteiger partial charge is 1.00 e. The SMILES string of the molecule is CCc1cc(CC)cc([Si](c2cc(CC)cc(CC)c2)(c2cc(CC)cc(CC)c2)[c-]2ccc(C(C)(C)C)c2)c1.[Cl-].[Cl-].[Cl-].[Ti+4]. The van der Waals surface area contributed by atoms with E-state index in [0.29, 0.717) is 0 Å². The van der Waals surface area contributed by atoms with Gasteiger partial charge in [-0.15, -0.1) is 5.19 Å². The summed E-state index contributed by atoms with van der Waals surface area (Å²) < 4.78 is 0. The van der Waals surface area contributed by atoms with Crippen LogP contribution in [0, 0.1) is 0 Å². The molecule has 0 aliphatic rings. The van der Waals surface area contributed by atoms with Crippen molar-refractivity contribution in [2.24, 2.45) is 0 Å². The fraction of sp³-hybridized carbons (Fsp3) is 0.410. The van der Waals surface area contributed by atoms with Gasteiger partial charge in [0.25, 0.3) is 0 Å². The molecule has 0 aromatic heterocycles. The van der Waals surface area contributed by atoms with E-state index in [2.05, 4.69) is 135 Å². The third-order valence-corrected chi connectivity index (χ3v) is 13.6. The molecule has 0 bridgehead atoms. The Kier molecular flexibility index (Phi) is 17.7. The molecule has 0 N–H and O–H groups in total. The Balaban J connectivity index is 0.00000462. The zero-order valence-corrected chi connectivity index (χ0v) is 33.1. The van der Waals surface area contributed by atoms with E-state index in [0.717, 1.165) is 38.5 Å². The van der Waals surface area contributed by atoms with E-state index < -0.39 is 8.07 Å². The second kappa shape index (κ2) is 18.2. The monoisotopic (exact) mass is 700 g/mol. The van der Waals surface area contributed by atoms with Gasteiger partial charge in [-0.1, -0.05) is 138 Å². The summed E-state index contributed by atoms with van der Waals surface area (Å²) in [6.07, 6.45) is 6.36. The number of aryl methyl sites for hydroxylation is 6. The minimum absolute atomic E-state index is 0. The van der Waals surface area contributed by atoms with Gasteiger partial charge >= 0.3 is 21.7 Å². The van der Waals surface area contributed by atoms with Crippen LogP contribution in [0.1, 0.15) is 101 Å². The van der Waals surface area contributed by atoms with Crippen molar-refractivity contribution in [2.45, 2.75) is 106 Å². The van der Waals surface area contributed by atoms with Crippen LogP contribution in [-0.2, 0) is 65.7 Å². The third-order valence-electron chi connectivity index (χ3n) is 8.96. The molecular formula is C39H51Cl3SiTi. The summed E-state index contributed by atoms with van der Waals surface area (Å²) in [5.41, 5.74) is 10.3. The van der Waals surface area contributed by atoms with Gasteiger partial charge in [-0.2, -0.15) is 17.7 Å². The molecule has 0 spiro atoms. The van der Waals surface area contributed by atoms with E-state index in [-0.39, 0.29) is 64.4 Å². The van der Waals surface area contributed by atoms with Gasteiger partial charge in [-0.25, -0.2) is 6.07 Å². The van der Waals surface area contributed by atoms with Crippen molar-refractivity contribution in [3.63, 3.8) is 0 Å². The van der Waals surface area contributed by atoms with Gasteiger partial charge in [0.2, 0.25) is 0 Å². The van der Waals surface area contributed by atoms with E-state index in [4.69, 9.17) is 0 Å². The zero-order chi connectivity index (χ0) is 29.1. The molecule has 0 atom stereocenters. The maximum atomic E-state index is 2.57. The molecule has 0 fully saturated rings. The Labute approximate surface area is 303 Å². The molecule has 236 valence electrons. The Hall–Kier alpha value is -1.19. The maximum Gasteiger partial charge on any atom is 4.00 e. The van der Waals surface area contributed by atoms with E-state index in [1.54, 1.807) is 15.6 Å². The van der Waals surface area contributed by atoms with Gasteiger partial charge in [0.15, 0.2) is 0 Å². The predicted molar refractivity (Wildman–Crippen MR) is 181 cm³/mol. The summed E-state index contributed by atoms with van der Waals surface area (Å²) >= 11 is 0. The molecule has 4 aromatic rings. The van der Waals surface area contributed by atoms with Crippen LogP contribution in [0.25, 0.3) is 0 Å². The van der Waals surface area contributed by atoms with Gasteiger partial charge < -0.3 is 37.2 Å². The van der Waals surface area contributed by atoms with Crippen LogP contribution in [-0.4, -0.2) is 8.07 Å². The summed E-state index contributed by atoms with van der Waals surface area (Å²) in [5.74, 6) is 0. The molecule has 44 heavy (non-hydrogen) atoms. The van der Waals surface area contributed by atoms with Gasteiger partial charge in [-0.3, -0.25) is 0 Å². The standard InChI is InChI=1S/C39H51Si.3ClH.Ti/c1-10-28-18-29(11-2)22-36(21-28)40(35-17-16-34(27-35)39(7,8)9,37-23-30(12-3)19-31(13-4)24-37)38-25-32(14-5)20-33(15-6)26-38;;;;/h16-27H,10-15H2,1-9H3;3*1H;/q-1;;;;+4/p-3. The maximum absolute atomic E-state index is 2.64. The molecule has 0 amide bonds. The molecule has 5 heteroatoms. The number of halogens is 3. The van der Waals surface area contributed by atoms with E-state index >= 15 is 0 Å². The Morgan fingerprint density at radius 3 is 0.977 bits per heavy atom. The Morgan fingerprint density at radius 2 is 0.773 bits per heavy atom. The minimum Gasteiger partial charge on any atom is -1.00 e. The molecule has 0 unspecified atom stereocenters. The van der Waals surface area contributed by atoms with Crippen LogP contribution < -0.4 is 58.0 Å². The first-order chi connectivity index (χ1) is 19.1. The quantitative estimate of drug-likeness (QED) is 0.107. The van der Waals surface area contributed by atoms with E-state index in [1.165, 1.54) is 44.1 Å². The van der Waals surface area contributed by atoms with Gasteiger partial charge in [0, 0.05) is 0 Å². The van der Waals surface area contributed by atoms with Gasteiger partial charge in [0.1, 0.15) is 8.07 Å². The largest absolute Gasteiger partial charge is 4.00 e. The van der Waals surface area contributed by atoms with Crippen molar-refractivity contribution in [1.82, 2.24) is 0 Å². The average Bonchev–Trinajstić information content (AvgIpc) is 3.48. The first kappa shape index (κ1) is 42.8. The van der Waals surface area contributed by atoms with Crippen molar-refractivity contribution < 1.29 is 58.9 Å². The number of hydrogen-bond donors (Lipinski definition) is 0. The third kappa shape index (κ3) is 8.78. The molecule has 0 saturated heterocycles. The van der Waals surface area contributed by atoms with E-state index in [1.807, 2.05) is 0 Å². The number of rotatable bonds is 10. The van der Waals surface area contributed by atoms with Crippen LogP contribution in [0.3, 0.4) is 0 Å². The normalized spacial score (nSPS) is 11.1.